The predicted molar refractivity (Wildman–Crippen MR) is 75.4 cm³/mol. The molecule has 0 atom stereocenters. The monoisotopic (exact) mass is 329 g/mol. The summed E-state index contributed by atoms with van der Waals surface area (Å²) in [7, 11) is -4.04. The molecule has 0 saturated heterocycles. The molecule has 0 bridgehead atoms. The van der Waals surface area contributed by atoms with Crippen LogP contribution in [0.2, 0.25) is 5.02 Å². The van der Waals surface area contributed by atoms with E-state index in [2.05, 4.69) is 0 Å². The number of sulfone groups is 1. The van der Waals surface area contributed by atoms with E-state index < -0.39 is 36.9 Å². The van der Waals surface area contributed by atoms with Crippen molar-refractivity contribution in [2.75, 3.05) is 0 Å². The van der Waals surface area contributed by atoms with Gasteiger partial charge in [0.2, 0.25) is 0 Å². The number of hydrogen-bond acceptors (Lipinski definition) is 4. The third-order valence-corrected chi connectivity index (χ3v) is 4.69. The Balaban J connectivity index is 2.47. The van der Waals surface area contributed by atoms with E-state index in [-0.39, 0.29) is 10.6 Å². The summed E-state index contributed by atoms with van der Waals surface area (Å²) >= 11 is 5.66. The Hall–Kier alpha value is -1.99. The van der Waals surface area contributed by atoms with Gasteiger partial charge >= 0.3 is 0 Å². The minimum Gasteiger partial charge on any atom is -0.258 e. The third kappa shape index (κ3) is 3.37. The van der Waals surface area contributed by atoms with Gasteiger partial charge in [-0.3, -0.25) is 10.1 Å². The molecule has 0 radical (unpaired) electrons. The molecule has 0 aromatic heterocycles. The zero-order valence-corrected chi connectivity index (χ0v) is 12.1. The Morgan fingerprint density at radius 1 is 1.19 bits per heavy atom. The van der Waals surface area contributed by atoms with Crippen LogP contribution in [0.1, 0.15) is 5.56 Å². The topological polar surface area (TPSA) is 77.3 Å². The summed E-state index contributed by atoms with van der Waals surface area (Å²) in [5, 5.41) is 11.1. The third-order valence-electron chi connectivity index (χ3n) is 2.76. The summed E-state index contributed by atoms with van der Waals surface area (Å²) in [6, 6.07) is 8.54. The lowest BCUT2D eigenvalue weighted by Gasteiger charge is -2.06. The largest absolute Gasteiger partial charge is 0.275 e. The van der Waals surface area contributed by atoms with Crippen molar-refractivity contribution in [2.45, 2.75) is 10.6 Å². The molecule has 0 saturated carbocycles. The minimum absolute atomic E-state index is 0.0485. The zero-order valence-electron chi connectivity index (χ0n) is 10.5. The molecule has 0 aliphatic heterocycles. The molecular weight excluding hydrogens is 321 g/mol. The normalized spacial score (nSPS) is 11.3. The van der Waals surface area contributed by atoms with Crippen LogP contribution in [0.25, 0.3) is 0 Å². The lowest BCUT2D eigenvalue weighted by molar-refractivity contribution is -0.385. The summed E-state index contributed by atoms with van der Waals surface area (Å²) in [5.41, 5.74) is -0.463. The molecule has 21 heavy (non-hydrogen) atoms. The molecule has 0 N–H and O–H groups in total. The highest BCUT2D eigenvalue weighted by Gasteiger charge is 2.24. The molecule has 2 rings (SSSR count). The molecule has 0 unspecified atom stereocenters. The van der Waals surface area contributed by atoms with Gasteiger partial charge in [0.1, 0.15) is 10.7 Å². The zero-order chi connectivity index (χ0) is 15.6. The molecule has 0 fully saturated rings. The molecule has 0 heterocycles. The number of nitrogens with zero attached hydrogens (tertiary/aromatic N) is 1. The van der Waals surface area contributed by atoms with E-state index in [1.807, 2.05) is 0 Å². The van der Waals surface area contributed by atoms with Gasteiger partial charge in [-0.15, -0.1) is 0 Å². The Morgan fingerprint density at radius 2 is 1.86 bits per heavy atom. The van der Waals surface area contributed by atoms with Gasteiger partial charge in [0.05, 0.1) is 10.7 Å². The highest BCUT2D eigenvalue weighted by Crippen LogP contribution is 2.27. The Kier molecular flexibility index (Phi) is 4.24. The molecule has 0 amide bonds. The summed E-state index contributed by atoms with van der Waals surface area (Å²) in [6.07, 6.45) is 0. The maximum absolute atomic E-state index is 13.6. The number of halogens is 2. The molecule has 8 heteroatoms. The predicted octanol–water partition coefficient (Wildman–Crippen LogP) is 3.36. The van der Waals surface area contributed by atoms with E-state index >= 15 is 0 Å². The quantitative estimate of drug-likeness (QED) is 0.636. The number of nitro benzene ring substituents is 1. The van der Waals surface area contributed by atoms with Crippen molar-refractivity contribution < 1.29 is 17.7 Å². The fourth-order valence-corrected chi connectivity index (χ4v) is 3.43. The molecule has 0 aliphatic carbocycles. The average molecular weight is 330 g/mol. The molecule has 0 spiro atoms. The van der Waals surface area contributed by atoms with E-state index in [9.17, 15) is 22.9 Å². The maximum Gasteiger partial charge on any atom is 0.275 e. The Labute approximate surface area is 125 Å². The number of nitro groups is 1. The van der Waals surface area contributed by atoms with Gasteiger partial charge in [-0.05, 0) is 24.3 Å². The maximum atomic E-state index is 13.6. The van der Waals surface area contributed by atoms with Crippen molar-refractivity contribution in [3.63, 3.8) is 0 Å². The van der Waals surface area contributed by atoms with Crippen LogP contribution in [0.5, 0.6) is 0 Å². The minimum atomic E-state index is -4.04. The second-order valence-electron chi connectivity index (χ2n) is 4.22. The van der Waals surface area contributed by atoms with Crippen LogP contribution in [-0.2, 0) is 15.6 Å². The van der Waals surface area contributed by atoms with Crippen LogP contribution in [0, 0.1) is 15.9 Å². The van der Waals surface area contributed by atoms with Crippen LogP contribution in [0.15, 0.2) is 47.4 Å². The molecule has 2 aromatic rings. The van der Waals surface area contributed by atoms with Crippen molar-refractivity contribution in [1.82, 2.24) is 0 Å². The van der Waals surface area contributed by atoms with E-state index in [1.54, 1.807) is 0 Å². The average Bonchev–Trinajstić information content (AvgIpc) is 2.40. The summed E-state index contributed by atoms with van der Waals surface area (Å²) in [5.74, 6) is -1.57. The number of rotatable bonds is 4. The van der Waals surface area contributed by atoms with Gasteiger partial charge in [-0.25, -0.2) is 12.8 Å². The van der Waals surface area contributed by atoms with Crippen molar-refractivity contribution in [1.29, 1.82) is 0 Å². The van der Waals surface area contributed by atoms with Crippen LogP contribution in [0.4, 0.5) is 10.1 Å². The second-order valence-corrected chi connectivity index (χ2v) is 6.61. The summed E-state index contributed by atoms with van der Waals surface area (Å²) in [4.78, 5) is 9.73. The molecule has 2 aromatic carbocycles. The van der Waals surface area contributed by atoms with Crippen molar-refractivity contribution >= 4 is 27.1 Å². The highest BCUT2D eigenvalue weighted by molar-refractivity contribution is 7.90. The van der Waals surface area contributed by atoms with Crippen LogP contribution in [0.3, 0.4) is 0 Å². The van der Waals surface area contributed by atoms with Gasteiger partial charge in [0, 0.05) is 16.7 Å². The number of hydrogen-bond donors (Lipinski definition) is 0. The van der Waals surface area contributed by atoms with Gasteiger partial charge in [0.15, 0.2) is 9.84 Å². The van der Waals surface area contributed by atoms with Gasteiger partial charge in [0.25, 0.3) is 5.69 Å². The van der Waals surface area contributed by atoms with Gasteiger partial charge < -0.3 is 0 Å². The molecule has 5 nitrogen and oxygen atoms in total. The first kappa shape index (κ1) is 15.4. The first-order valence-corrected chi connectivity index (χ1v) is 7.74. The second kappa shape index (κ2) is 5.79. The van der Waals surface area contributed by atoms with E-state index in [0.29, 0.717) is 0 Å². The Bertz CT molecular complexity index is 808. The molecule has 110 valence electrons. The lowest BCUT2D eigenvalue weighted by atomic mass is 10.2. The Morgan fingerprint density at radius 3 is 2.48 bits per heavy atom. The molecule has 0 aliphatic rings. The van der Waals surface area contributed by atoms with E-state index in [4.69, 9.17) is 11.6 Å². The van der Waals surface area contributed by atoms with E-state index in [1.165, 1.54) is 24.3 Å². The van der Waals surface area contributed by atoms with Crippen LogP contribution >= 0.6 is 11.6 Å². The fraction of sp³-hybridized carbons (Fsp3) is 0.0769. The fourth-order valence-electron chi connectivity index (χ4n) is 1.81. The van der Waals surface area contributed by atoms with Crippen LogP contribution in [-0.4, -0.2) is 13.3 Å². The first-order chi connectivity index (χ1) is 9.81. The van der Waals surface area contributed by atoms with Crippen LogP contribution < -0.4 is 0 Å². The smallest absolute Gasteiger partial charge is 0.258 e. The standard InChI is InChI=1S/C13H9ClFNO4S/c14-10-6-5-9(12(7-10)16(17)18)8-21(19,20)13-4-2-1-3-11(13)15/h1-7H,8H2. The van der Waals surface area contributed by atoms with Gasteiger partial charge in [-0.1, -0.05) is 23.7 Å². The SMILES string of the molecule is O=[N+]([O-])c1cc(Cl)ccc1CS(=O)(=O)c1ccccc1F. The molecular formula is C13H9ClFNO4S. The van der Waals surface area contributed by atoms with Crippen molar-refractivity contribution in [3.8, 4) is 0 Å². The lowest BCUT2D eigenvalue weighted by Crippen LogP contribution is -2.08. The first-order valence-electron chi connectivity index (χ1n) is 5.71. The van der Waals surface area contributed by atoms with Crippen molar-refractivity contribution in [3.05, 3.63) is 69.0 Å². The summed E-state index contributed by atoms with van der Waals surface area (Å²) < 4.78 is 38.0. The van der Waals surface area contributed by atoms with E-state index in [0.717, 1.165) is 18.2 Å². The highest BCUT2D eigenvalue weighted by atomic mass is 35.5. The van der Waals surface area contributed by atoms with Crippen molar-refractivity contribution in [2.24, 2.45) is 0 Å². The summed E-state index contributed by atoms with van der Waals surface area (Å²) in [6.45, 7) is 0. The van der Waals surface area contributed by atoms with Gasteiger partial charge in [-0.2, -0.15) is 0 Å². The number of benzene rings is 2.